The summed E-state index contributed by atoms with van der Waals surface area (Å²) in [5, 5.41) is 10.2. The number of methoxy groups -OCH3 is 1. The summed E-state index contributed by atoms with van der Waals surface area (Å²) in [6.45, 7) is 7.29. The summed E-state index contributed by atoms with van der Waals surface area (Å²) < 4.78 is 26.1. The Bertz CT molecular complexity index is 690. The Morgan fingerprint density at radius 2 is 2.19 bits per heavy atom. The van der Waals surface area contributed by atoms with Crippen LogP contribution in [-0.2, 0) is 22.6 Å². The van der Waals surface area contributed by atoms with E-state index in [-0.39, 0.29) is 12.4 Å². The molecule has 0 spiro atoms. The molecule has 0 radical (unpaired) electrons. The highest BCUT2D eigenvalue weighted by Gasteiger charge is 2.14. The number of hydrogen-bond donors (Lipinski definition) is 1. The topological polar surface area (TPSA) is 46.9 Å². The van der Waals surface area contributed by atoms with E-state index in [1.807, 2.05) is 24.4 Å². The van der Waals surface area contributed by atoms with Crippen molar-refractivity contribution in [1.29, 1.82) is 0 Å². The normalized spacial score (nSPS) is 12.4. The average Bonchev–Trinajstić information content (AvgIpc) is 3.06. The smallest absolute Gasteiger partial charge is 0.123 e. The van der Waals surface area contributed by atoms with Gasteiger partial charge in [-0.3, -0.25) is 4.90 Å². The van der Waals surface area contributed by atoms with Crippen LogP contribution in [0.1, 0.15) is 11.3 Å². The van der Waals surface area contributed by atoms with Crippen LogP contribution in [0.4, 0.5) is 4.39 Å². The number of benzene rings is 1. The molecule has 5 nitrogen and oxygen atoms in total. The highest BCUT2D eigenvalue weighted by molar-refractivity contribution is 5.18. The minimum Gasteiger partial charge on any atom is -0.389 e. The first-order valence-electron chi connectivity index (χ1n) is 9.08. The van der Waals surface area contributed by atoms with Gasteiger partial charge < -0.3 is 19.1 Å². The first-order valence-corrected chi connectivity index (χ1v) is 9.08. The van der Waals surface area contributed by atoms with Crippen LogP contribution in [0.5, 0.6) is 0 Å². The number of rotatable bonds is 13. The van der Waals surface area contributed by atoms with Crippen LogP contribution in [0, 0.1) is 5.82 Å². The molecule has 2 aromatic rings. The van der Waals surface area contributed by atoms with Gasteiger partial charge in [-0.05, 0) is 29.8 Å². The first-order chi connectivity index (χ1) is 13.1. The Morgan fingerprint density at radius 3 is 2.93 bits per heavy atom. The molecular formula is C21H29FN2O3. The molecule has 0 saturated carbocycles. The van der Waals surface area contributed by atoms with Gasteiger partial charge in [0.25, 0.3) is 0 Å². The number of aliphatic hydroxyl groups is 1. The van der Waals surface area contributed by atoms with E-state index in [4.69, 9.17) is 9.47 Å². The summed E-state index contributed by atoms with van der Waals surface area (Å²) in [7, 11) is 1.66. The van der Waals surface area contributed by atoms with Crippen molar-refractivity contribution in [2.24, 2.45) is 0 Å². The lowest BCUT2D eigenvalue weighted by atomic mass is 10.2. The molecule has 0 unspecified atom stereocenters. The average molecular weight is 376 g/mol. The number of hydrogen-bond acceptors (Lipinski definition) is 4. The largest absolute Gasteiger partial charge is 0.389 e. The molecule has 1 N–H and O–H groups in total. The van der Waals surface area contributed by atoms with Crippen molar-refractivity contribution in [3.05, 3.63) is 72.3 Å². The molecule has 1 aromatic carbocycles. The molecule has 148 valence electrons. The van der Waals surface area contributed by atoms with Gasteiger partial charge in [-0.25, -0.2) is 4.39 Å². The van der Waals surface area contributed by atoms with E-state index in [2.05, 4.69) is 16.0 Å². The Balaban J connectivity index is 1.99. The lowest BCUT2D eigenvalue weighted by Gasteiger charge is -2.25. The van der Waals surface area contributed by atoms with E-state index in [1.54, 1.807) is 25.3 Å². The molecule has 0 aliphatic heterocycles. The molecule has 0 aliphatic carbocycles. The third kappa shape index (κ3) is 7.64. The summed E-state index contributed by atoms with van der Waals surface area (Å²) in [5.41, 5.74) is 2.00. The van der Waals surface area contributed by atoms with Crippen LogP contribution in [0.25, 0.3) is 0 Å². The second kappa shape index (κ2) is 11.7. The monoisotopic (exact) mass is 376 g/mol. The van der Waals surface area contributed by atoms with Gasteiger partial charge >= 0.3 is 0 Å². The highest BCUT2D eigenvalue weighted by Crippen LogP contribution is 2.12. The summed E-state index contributed by atoms with van der Waals surface area (Å²) in [6.07, 6.45) is 3.06. The standard InChI is InChI=1S/C21H29FN2O3/c1-3-11-27-17-21(25)16-23(10-12-26-2)15-20-8-5-9-24(20)14-18-6-4-7-19(22)13-18/h3-9,13,21,25H,1,10-12,14-17H2,2H3/t21-/m1/s1. The van der Waals surface area contributed by atoms with Crippen molar-refractivity contribution in [1.82, 2.24) is 9.47 Å². The maximum absolute atomic E-state index is 13.4. The predicted molar refractivity (Wildman–Crippen MR) is 104 cm³/mol. The number of nitrogens with zero attached hydrogens (tertiary/aromatic N) is 2. The van der Waals surface area contributed by atoms with Gasteiger partial charge in [0.05, 0.1) is 25.9 Å². The number of halogens is 1. The predicted octanol–water partition coefficient (Wildman–Crippen LogP) is 2.69. The van der Waals surface area contributed by atoms with Gasteiger partial charge in [0, 0.05) is 45.2 Å². The van der Waals surface area contributed by atoms with E-state index >= 15 is 0 Å². The van der Waals surface area contributed by atoms with Crippen LogP contribution in [0.15, 0.2) is 55.3 Å². The van der Waals surface area contributed by atoms with E-state index < -0.39 is 6.10 Å². The van der Waals surface area contributed by atoms with Gasteiger partial charge in [-0.2, -0.15) is 0 Å². The summed E-state index contributed by atoms with van der Waals surface area (Å²) in [5.74, 6) is -0.231. The molecule has 1 aromatic heterocycles. The first kappa shape index (κ1) is 21.3. The third-order valence-electron chi connectivity index (χ3n) is 4.18. The fourth-order valence-corrected chi connectivity index (χ4v) is 2.90. The second-order valence-electron chi connectivity index (χ2n) is 6.47. The zero-order chi connectivity index (χ0) is 19.5. The van der Waals surface area contributed by atoms with E-state index in [9.17, 15) is 9.50 Å². The van der Waals surface area contributed by atoms with Crippen molar-refractivity contribution in [3.8, 4) is 0 Å². The van der Waals surface area contributed by atoms with Gasteiger partial charge in [0.15, 0.2) is 0 Å². The summed E-state index contributed by atoms with van der Waals surface area (Å²) in [4.78, 5) is 2.13. The highest BCUT2D eigenvalue weighted by atomic mass is 19.1. The van der Waals surface area contributed by atoms with Gasteiger partial charge in [-0.15, -0.1) is 6.58 Å². The zero-order valence-corrected chi connectivity index (χ0v) is 15.9. The van der Waals surface area contributed by atoms with Crippen LogP contribution in [0.2, 0.25) is 0 Å². The van der Waals surface area contributed by atoms with Gasteiger partial charge in [0.1, 0.15) is 5.82 Å². The van der Waals surface area contributed by atoms with Crippen LogP contribution in [-0.4, -0.2) is 60.7 Å². The molecule has 0 fully saturated rings. The molecule has 6 heteroatoms. The number of aromatic nitrogens is 1. The van der Waals surface area contributed by atoms with Gasteiger partial charge in [0.2, 0.25) is 0 Å². The van der Waals surface area contributed by atoms with Crippen molar-refractivity contribution in [2.45, 2.75) is 19.2 Å². The number of ether oxygens (including phenoxy) is 2. The lowest BCUT2D eigenvalue weighted by molar-refractivity contribution is 0.0189. The van der Waals surface area contributed by atoms with Crippen molar-refractivity contribution in [2.75, 3.05) is 40.0 Å². The van der Waals surface area contributed by atoms with E-state index in [1.165, 1.54) is 6.07 Å². The summed E-state index contributed by atoms with van der Waals surface area (Å²) in [6, 6.07) is 10.6. The van der Waals surface area contributed by atoms with Crippen LogP contribution < -0.4 is 0 Å². The minimum atomic E-state index is -0.589. The Labute approximate surface area is 160 Å². The fraction of sp³-hybridized carbons (Fsp3) is 0.429. The van der Waals surface area contributed by atoms with E-state index in [0.717, 1.165) is 11.3 Å². The number of aliphatic hydroxyl groups excluding tert-OH is 1. The third-order valence-corrected chi connectivity index (χ3v) is 4.18. The maximum Gasteiger partial charge on any atom is 0.123 e. The van der Waals surface area contributed by atoms with Crippen molar-refractivity contribution in [3.63, 3.8) is 0 Å². The fourth-order valence-electron chi connectivity index (χ4n) is 2.90. The summed E-state index contributed by atoms with van der Waals surface area (Å²) >= 11 is 0. The molecule has 2 rings (SSSR count). The van der Waals surface area contributed by atoms with Gasteiger partial charge in [-0.1, -0.05) is 18.2 Å². The Kier molecular flexibility index (Phi) is 9.21. The molecule has 0 saturated heterocycles. The molecule has 0 amide bonds. The van der Waals surface area contributed by atoms with E-state index in [0.29, 0.717) is 39.4 Å². The molecule has 0 bridgehead atoms. The Hall–Kier alpha value is -1.99. The molecule has 0 aliphatic rings. The molecule has 1 atom stereocenters. The molecular weight excluding hydrogens is 347 g/mol. The van der Waals surface area contributed by atoms with Crippen molar-refractivity contribution < 1.29 is 19.0 Å². The van der Waals surface area contributed by atoms with Crippen LogP contribution >= 0.6 is 0 Å². The van der Waals surface area contributed by atoms with Crippen LogP contribution in [0.3, 0.4) is 0 Å². The van der Waals surface area contributed by atoms with Crippen molar-refractivity contribution >= 4 is 0 Å². The minimum absolute atomic E-state index is 0.231. The Morgan fingerprint density at radius 1 is 1.33 bits per heavy atom. The molecule has 1 heterocycles. The zero-order valence-electron chi connectivity index (χ0n) is 15.9. The quantitative estimate of drug-likeness (QED) is 0.431. The lowest BCUT2D eigenvalue weighted by Crippen LogP contribution is -2.37. The maximum atomic E-state index is 13.4. The SMILES string of the molecule is C=CCOC[C@H](O)CN(CCOC)Cc1cccn1Cc1cccc(F)c1. The second-order valence-corrected chi connectivity index (χ2v) is 6.47. The molecule has 27 heavy (non-hydrogen) atoms.